The average Bonchev–Trinajstić information content (AvgIpc) is 3.23. The first-order valence-electron chi connectivity index (χ1n) is 8.95. The van der Waals surface area contributed by atoms with Gasteiger partial charge in [0.05, 0.1) is 27.5 Å². The molecule has 0 saturated carbocycles. The van der Waals surface area contributed by atoms with Gasteiger partial charge in [-0.25, -0.2) is 16.3 Å². The van der Waals surface area contributed by atoms with Gasteiger partial charge in [-0.2, -0.15) is 5.10 Å². The van der Waals surface area contributed by atoms with Gasteiger partial charge in [-0.15, -0.1) is 0 Å². The number of hydrogen-bond acceptors (Lipinski definition) is 7. The maximum absolute atomic E-state index is 12.4. The summed E-state index contributed by atoms with van der Waals surface area (Å²) in [6.45, 7) is 0. The number of halogens is 1. The SMILES string of the molecule is COc1cc(/C=N/NC(=O)C2CC(c3ccc(Br)cc3)NN2)cc(OC)c1OC. The summed E-state index contributed by atoms with van der Waals surface area (Å²) < 4.78 is 16.9. The zero-order valence-corrected chi connectivity index (χ0v) is 17.9. The Balaban J connectivity index is 1.61. The number of amides is 1. The largest absolute Gasteiger partial charge is 0.493 e. The molecule has 3 rings (SSSR count). The van der Waals surface area contributed by atoms with E-state index in [2.05, 4.69) is 37.3 Å². The first-order chi connectivity index (χ1) is 14.0. The summed E-state index contributed by atoms with van der Waals surface area (Å²) in [6.07, 6.45) is 2.14. The highest BCUT2D eigenvalue weighted by molar-refractivity contribution is 9.10. The number of hydrogen-bond donors (Lipinski definition) is 3. The van der Waals surface area contributed by atoms with Crippen molar-refractivity contribution in [1.29, 1.82) is 0 Å². The number of methoxy groups -OCH3 is 3. The molecule has 0 bridgehead atoms. The minimum absolute atomic E-state index is 0.0536. The molecule has 154 valence electrons. The monoisotopic (exact) mass is 462 g/mol. The van der Waals surface area contributed by atoms with E-state index in [0.717, 1.165) is 10.0 Å². The van der Waals surface area contributed by atoms with E-state index in [0.29, 0.717) is 29.2 Å². The molecular weight excluding hydrogens is 440 g/mol. The van der Waals surface area contributed by atoms with E-state index in [9.17, 15) is 4.79 Å². The van der Waals surface area contributed by atoms with Gasteiger partial charge in [0.25, 0.3) is 5.91 Å². The molecule has 2 atom stereocenters. The second-order valence-corrected chi connectivity index (χ2v) is 7.29. The Labute approximate surface area is 177 Å². The molecule has 2 aromatic carbocycles. The van der Waals surface area contributed by atoms with Gasteiger partial charge < -0.3 is 14.2 Å². The van der Waals surface area contributed by atoms with Crippen LogP contribution in [0.15, 0.2) is 46.0 Å². The van der Waals surface area contributed by atoms with Gasteiger partial charge in [0, 0.05) is 16.1 Å². The summed E-state index contributed by atoms with van der Waals surface area (Å²) >= 11 is 3.42. The molecule has 8 nitrogen and oxygen atoms in total. The molecule has 1 fully saturated rings. The Kier molecular flexibility index (Phi) is 7.08. The lowest BCUT2D eigenvalue weighted by molar-refractivity contribution is -0.122. The minimum Gasteiger partial charge on any atom is -0.493 e. The Morgan fingerprint density at radius 1 is 1.10 bits per heavy atom. The molecule has 0 radical (unpaired) electrons. The molecule has 0 spiro atoms. The van der Waals surface area contributed by atoms with Gasteiger partial charge in [-0.3, -0.25) is 4.79 Å². The van der Waals surface area contributed by atoms with E-state index >= 15 is 0 Å². The molecule has 0 aromatic heterocycles. The van der Waals surface area contributed by atoms with Gasteiger partial charge in [-0.05, 0) is 36.2 Å². The van der Waals surface area contributed by atoms with Crippen LogP contribution < -0.4 is 30.5 Å². The van der Waals surface area contributed by atoms with Gasteiger partial charge in [-0.1, -0.05) is 28.1 Å². The number of rotatable bonds is 7. The first-order valence-corrected chi connectivity index (χ1v) is 9.74. The van der Waals surface area contributed by atoms with Crippen LogP contribution in [-0.4, -0.2) is 39.5 Å². The van der Waals surface area contributed by atoms with Gasteiger partial charge in [0.15, 0.2) is 11.5 Å². The highest BCUT2D eigenvalue weighted by atomic mass is 79.9. The molecule has 9 heteroatoms. The molecule has 1 heterocycles. The predicted octanol–water partition coefficient (Wildman–Crippen LogP) is 2.53. The van der Waals surface area contributed by atoms with Crippen LogP contribution in [0, 0.1) is 0 Å². The van der Waals surface area contributed by atoms with Crippen molar-refractivity contribution in [2.24, 2.45) is 5.10 Å². The van der Waals surface area contributed by atoms with Gasteiger partial charge >= 0.3 is 0 Å². The maximum atomic E-state index is 12.4. The summed E-state index contributed by atoms with van der Waals surface area (Å²) in [5, 5.41) is 4.05. The van der Waals surface area contributed by atoms with E-state index in [-0.39, 0.29) is 18.0 Å². The predicted molar refractivity (Wildman–Crippen MR) is 113 cm³/mol. The highest BCUT2D eigenvalue weighted by Crippen LogP contribution is 2.37. The second-order valence-electron chi connectivity index (χ2n) is 6.37. The van der Waals surface area contributed by atoms with Gasteiger partial charge in [0.1, 0.15) is 6.04 Å². The third-order valence-electron chi connectivity index (χ3n) is 4.57. The van der Waals surface area contributed by atoms with E-state index in [1.165, 1.54) is 6.21 Å². The van der Waals surface area contributed by atoms with Gasteiger partial charge in [0.2, 0.25) is 5.75 Å². The van der Waals surface area contributed by atoms with Crippen molar-refractivity contribution in [3.05, 3.63) is 52.0 Å². The van der Waals surface area contributed by atoms with Crippen molar-refractivity contribution in [3.63, 3.8) is 0 Å². The standard InChI is InChI=1S/C20H23BrN4O4/c1-27-17-8-12(9-18(28-2)19(17)29-3)11-22-25-20(26)16-10-15(23-24-16)13-4-6-14(21)7-5-13/h4-9,11,15-16,23-24H,10H2,1-3H3,(H,25,26)/b22-11+. The van der Waals surface area contributed by atoms with E-state index in [1.54, 1.807) is 33.5 Å². The van der Waals surface area contributed by atoms with Crippen molar-refractivity contribution < 1.29 is 19.0 Å². The van der Waals surface area contributed by atoms with E-state index < -0.39 is 0 Å². The normalized spacial score (nSPS) is 18.6. The molecule has 2 unspecified atom stereocenters. The molecular formula is C20H23BrN4O4. The summed E-state index contributed by atoms with van der Waals surface area (Å²) in [5.74, 6) is 1.30. The van der Waals surface area contributed by atoms with Crippen molar-refractivity contribution in [2.75, 3.05) is 21.3 Å². The summed E-state index contributed by atoms with van der Waals surface area (Å²) in [4.78, 5) is 12.4. The van der Waals surface area contributed by atoms with Crippen LogP contribution in [0.4, 0.5) is 0 Å². The lowest BCUT2D eigenvalue weighted by Gasteiger charge is -2.12. The molecule has 1 aliphatic rings. The van der Waals surface area contributed by atoms with E-state index in [1.807, 2.05) is 24.3 Å². The Morgan fingerprint density at radius 2 is 1.76 bits per heavy atom. The maximum Gasteiger partial charge on any atom is 0.258 e. The topological polar surface area (TPSA) is 93.2 Å². The molecule has 1 saturated heterocycles. The molecule has 0 aliphatic carbocycles. The van der Waals surface area contributed by atoms with Crippen LogP contribution in [-0.2, 0) is 4.79 Å². The lowest BCUT2D eigenvalue weighted by atomic mass is 10.0. The third kappa shape index (κ3) is 5.06. The number of carbonyl (C=O) groups excluding carboxylic acids is 1. The number of nitrogens with zero attached hydrogens (tertiary/aromatic N) is 1. The number of carbonyl (C=O) groups is 1. The van der Waals surface area contributed by atoms with Crippen LogP contribution >= 0.6 is 15.9 Å². The summed E-state index contributed by atoms with van der Waals surface area (Å²) in [6, 6.07) is 11.2. The fourth-order valence-electron chi connectivity index (χ4n) is 3.07. The Hall–Kier alpha value is -2.62. The number of hydrazone groups is 1. The highest BCUT2D eigenvalue weighted by Gasteiger charge is 2.29. The number of benzene rings is 2. The van der Waals surface area contributed by atoms with Crippen LogP contribution in [0.25, 0.3) is 0 Å². The molecule has 1 amide bonds. The number of ether oxygens (including phenoxy) is 3. The third-order valence-corrected chi connectivity index (χ3v) is 5.10. The average molecular weight is 463 g/mol. The van der Waals surface area contributed by atoms with Crippen LogP contribution in [0.3, 0.4) is 0 Å². The quantitative estimate of drug-likeness (QED) is 0.432. The summed E-state index contributed by atoms with van der Waals surface area (Å²) in [5.41, 5.74) is 10.5. The van der Waals surface area contributed by atoms with Crippen molar-refractivity contribution in [1.82, 2.24) is 16.3 Å². The Morgan fingerprint density at radius 3 is 2.34 bits per heavy atom. The van der Waals surface area contributed by atoms with Crippen molar-refractivity contribution in [3.8, 4) is 17.2 Å². The molecule has 2 aromatic rings. The minimum atomic E-state index is -0.388. The zero-order valence-electron chi connectivity index (χ0n) is 16.4. The number of nitrogens with one attached hydrogen (secondary N) is 3. The van der Waals surface area contributed by atoms with Crippen molar-refractivity contribution >= 4 is 28.1 Å². The van der Waals surface area contributed by atoms with Crippen LogP contribution in [0.5, 0.6) is 17.2 Å². The number of hydrazine groups is 1. The first kappa shape index (κ1) is 21.1. The Bertz CT molecular complexity index is 864. The fraction of sp³-hybridized carbons (Fsp3) is 0.300. The lowest BCUT2D eigenvalue weighted by Crippen LogP contribution is -2.41. The van der Waals surface area contributed by atoms with Crippen molar-refractivity contribution in [2.45, 2.75) is 18.5 Å². The molecule has 1 aliphatic heterocycles. The van der Waals surface area contributed by atoms with E-state index in [4.69, 9.17) is 14.2 Å². The summed E-state index contributed by atoms with van der Waals surface area (Å²) in [7, 11) is 4.62. The molecule has 29 heavy (non-hydrogen) atoms. The van der Waals surface area contributed by atoms with Crippen LogP contribution in [0.2, 0.25) is 0 Å². The van der Waals surface area contributed by atoms with Crippen LogP contribution in [0.1, 0.15) is 23.6 Å². The smallest absolute Gasteiger partial charge is 0.258 e. The zero-order chi connectivity index (χ0) is 20.8. The fourth-order valence-corrected chi connectivity index (χ4v) is 3.33. The molecule has 3 N–H and O–H groups in total. The second kappa shape index (κ2) is 9.73.